The van der Waals surface area contributed by atoms with Crippen LogP contribution in [0.5, 0.6) is 0 Å². The van der Waals surface area contributed by atoms with Crippen molar-refractivity contribution in [2.75, 3.05) is 0 Å². The van der Waals surface area contributed by atoms with Crippen LogP contribution in [0.25, 0.3) is 0 Å². The molecule has 0 rings (SSSR count). The van der Waals surface area contributed by atoms with Crippen LogP contribution in [0, 0.1) is 17.9 Å². The highest BCUT2D eigenvalue weighted by Crippen LogP contribution is 1.90. The second-order valence-corrected chi connectivity index (χ2v) is 1.97. The minimum atomic E-state index is -0.00120. The van der Waals surface area contributed by atoms with Crippen molar-refractivity contribution in [1.82, 2.24) is 5.32 Å². The highest BCUT2D eigenvalue weighted by atomic mass is 15.0. The zero-order valence-corrected chi connectivity index (χ0v) is 5.23. The maximum absolute atomic E-state index is 6.72. The van der Waals surface area contributed by atoms with Gasteiger partial charge < -0.3 is 11.1 Å². The zero-order valence-electron chi connectivity index (χ0n) is 5.23. The molecule has 0 spiro atoms. The minimum absolute atomic E-state index is 0.00120. The lowest BCUT2D eigenvalue weighted by atomic mass is 10.2. The van der Waals surface area contributed by atoms with Gasteiger partial charge in [-0.2, -0.15) is 0 Å². The topological polar surface area (TPSA) is 61.9 Å². The average Bonchev–Trinajstić information content (AvgIpc) is 1.61. The lowest BCUT2D eigenvalue weighted by Gasteiger charge is -2.03. The third-order valence-electron chi connectivity index (χ3n) is 0.572. The second-order valence-electron chi connectivity index (χ2n) is 1.97. The van der Waals surface area contributed by atoms with E-state index in [0.717, 1.165) is 0 Å². The molecule has 8 heavy (non-hydrogen) atoms. The number of hydrogen-bond acceptors (Lipinski definition) is 1. The Bertz CT molecular complexity index is 77.7. The molecule has 0 amide bonds. The predicted molar refractivity (Wildman–Crippen MR) is 34.2 cm³/mol. The summed E-state index contributed by atoms with van der Waals surface area (Å²) in [5.41, 5.74) is 4.98. The van der Waals surface area contributed by atoms with Gasteiger partial charge in [0.15, 0.2) is 5.96 Å². The Balaban J connectivity index is 3.05. The molecule has 1 radical (unpaired) electrons. The molecule has 0 aromatic heterocycles. The maximum atomic E-state index is 6.72. The average molecular weight is 114 g/mol. The van der Waals surface area contributed by atoms with Crippen molar-refractivity contribution in [2.24, 2.45) is 11.7 Å². The van der Waals surface area contributed by atoms with Crippen LogP contribution in [-0.4, -0.2) is 5.96 Å². The zero-order chi connectivity index (χ0) is 6.57. The molecule has 0 unspecified atom stereocenters. The first-order valence-electron chi connectivity index (χ1n) is 2.57. The van der Waals surface area contributed by atoms with Gasteiger partial charge in [-0.25, -0.2) is 0 Å². The molecular formula is C5H12N3. The van der Waals surface area contributed by atoms with Gasteiger partial charge in [0.1, 0.15) is 0 Å². The molecule has 0 aliphatic rings. The fraction of sp³-hybridized carbons (Fsp3) is 0.600. The van der Waals surface area contributed by atoms with Crippen LogP contribution in [-0.2, 0) is 0 Å². The van der Waals surface area contributed by atoms with Crippen LogP contribution < -0.4 is 11.1 Å². The van der Waals surface area contributed by atoms with E-state index in [1.165, 1.54) is 0 Å². The molecular weight excluding hydrogens is 102 g/mol. The summed E-state index contributed by atoms with van der Waals surface area (Å²) in [6, 6.07) is 0. The number of nitrogens with one attached hydrogen (secondary N) is 2. The Morgan fingerprint density at radius 1 is 1.75 bits per heavy atom. The number of nitrogens with two attached hydrogens (primary N) is 1. The second kappa shape index (κ2) is 3.29. The van der Waals surface area contributed by atoms with Gasteiger partial charge in [0.2, 0.25) is 0 Å². The smallest absolute Gasteiger partial charge is 0.186 e. The largest absolute Gasteiger partial charge is 0.370 e. The Kier molecular flexibility index (Phi) is 2.99. The highest BCUT2D eigenvalue weighted by Gasteiger charge is 1.91. The molecule has 0 bridgehead atoms. The molecule has 4 N–H and O–H groups in total. The summed E-state index contributed by atoms with van der Waals surface area (Å²) >= 11 is 0. The monoisotopic (exact) mass is 114 g/mol. The summed E-state index contributed by atoms with van der Waals surface area (Å²) in [5.74, 6) is 0.428. The van der Waals surface area contributed by atoms with Gasteiger partial charge in [0.25, 0.3) is 0 Å². The van der Waals surface area contributed by atoms with Crippen LogP contribution >= 0.6 is 0 Å². The molecule has 0 aromatic rings. The molecule has 3 nitrogen and oxygen atoms in total. The van der Waals surface area contributed by atoms with E-state index in [-0.39, 0.29) is 5.96 Å². The molecule has 0 aromatic carbocycles. The van der Waals surface area contributed by atoms with Crippen LogP contribution in [0.15, 0.2) is 0 Å². The van der Waals surface area contributed by atoms with Crippen molar-refractivity contribution in [3.05, 3.63) is 6.54 Å². The molecule has 0 saturated carbocycles. The highest BCUT2D eigenvalue weighted by molar-refractivity contribution is 5.74. The standard InChI is InChI=1S/C5H12N3/c1-4(2)3-8-5(6)7/h3-4H,1-2H3,(H4,6,7,8). The first-order chi connectivity index (χ1) is 3.63. The summed E-state index contributed by atoms with van der Waals surface area (Å²) in [5, 5.41) is 9.30. The molecule has 0 fully saturated rings. The maximum Gasteiger partial charge on any atom is 0.186 e. The third-order valence-corrected chi connectivity index (χ3v) is 0.572. The van der Waals surface area contributed by atoms with Gasteiger partial charge in [0, 0.05) is 0 Å². The van der Waals surface area contributed by atoms with E-state index in [4.69, 9.17) is 11.1 Å². The predicted octanol–water partition coefficient (Wildman–Crippen LogP) is 0.287. The molecule has 0 saturated heterocycles. The molecule has 0 atom stereocenters. The van der Waals surface area contributed by atoms with E-state index in [9.17, 15) is 0 Å². The van der Waals surface area contributed by atoms with E-state index >= 15 is 0 Å². The molecule has 0 heterocycles. The van der Waals surface area contributed by atoms with Crippen LogP contribution in [0.4, 0.5) is 0 Å². The quantitative estimate of drug-likeness (QED) is 0.357. The van der Waals surface area contributed by atoms with Crippen molar-refractivity contribution >= 4 is 5.96 Å². The fourth-order valence-electron chi connectivity index (χ4n) is 0.256. The number of hydrogen-bond donors (Lipinski definition) is 3. The van der Waals surface area contributed by atoms with Gasteiger partial charge in [0.05, 0.1) is 6.54 Å². The third kappa shape index (κ3) is 5.27. The molecule has 47 valence electrons. The van der Waals surface area contributed by atoms with Gasteiger partial charge in [-0.1, -0.05) is 13.8 Å². The van der Waals surface area contributed by atoms with Crippen molar-refractivity contribution in [1.29, 1.82) is 5.41 Å². The van der Waals surface area contributed by atoms with Crippen LogP contribution in [0.3, 0.4) is 0 Å². The lowest BCUT2D eigenvalue weighted by molar-refractivity contribution is 0.713. The number of guanidine groups is 1. The summed E-state index contributed by atoms with van der Waals surface area (Å²) in [7, 11) is 0. The Morgan fingerprint density at radius 2 is 2.25 bits per heavy atom. The molecule has 0 aliphatic carbocycles. The van der Waals surface area contributed by atoms with Gasteiger partial charge in [-0.15, -0.1) is 0 Å². The van der Waals surface area contributed by atoms with E-state index in [0.29, 0.717) is 5.92 Å². The Hall–Kier alpha value is -0.730. The SMILES string of the molecule is CC(C)[CH]NC(=N)N. The van der Waals surface area contributed by atoms with Crippen LogP contribution in [0.2, 0.25) is 0 Å². The van der Waals surface area contributed by atoms with E-state index < -0.39 is 0 Å². The lowest BCUT2D eigenvalue weighted by Crippen LogP contribution is -2.29. The summed E-state index contributed by atoms with van der Waals surface area (Å²) < 4.78 is 0. The van der Waals surface area contributed by atoms with Gasteiger partial charge in [-0.3, -0.25) is 5.41 Å². The summed E-state index contributed by atoms with van der Waals surface area (Å²) in [4.78, 5) is 0. The van der Waals surface area contributed by atoms with Crippen LogP contribution in [0.1, 0.15) is 13.8 Å². The van der Waals surface area contributed by atoms with Crippen molar-refractivity contribution < 1.29 is 0 Å². The van der Waals surface area contributed by atoms with Gasteiger partial charge in [-0.05, 0) is 5.92 Å². The first kappa shape index (κ1) is 7.27. The van der Waals surface area contributed by atoms with Crippen molar-refractivity contribution in [3.63, 3.8) is 0 Å². The molecule has 3 heteroatoms. The fourth-order valence-corrected chi connectivity index (χ4v) is 0.256. The minimum Gasteiger partial charge on any atom is -0.370 e. The molecule has 0 aliphatic heterocycles. The summed E-state index contributed by atoms with van der Waals surface area (Å²) in [6.45, 7) is 5.79. The summed E-state index contributed by atoms with van der Waals surface area (Å²) in [6.07, 6.45) is 0. The normalized spacial score (nSPS) is 9.38. The first-order valence-corrected chi connectivity index (χ1v) is 2.57. The van der Waals surface area contributed by atoms with Crippen molar-refractivity contribution in [2.45, 2.75) is 13.8 Å². The van der Waals surface area contributed by atoms with Crippen molar-refractivity contribution in [3.8, 4) is 0 Å². The van der Waals surface area contributed by atoms with Gasteiger partial charge >= 0.3 is 0 Å². The van der Waals surface area contributed by atoms with E-state index in [1.807, 2.05) is 13.8 Å². The van der Waals surface area contributed by atoms with E-state index in [2.05, 4.69) is 5.32 Å². The van der Waals surface area contributed by atoms with E-state index in [1.54, 1.807) is 6.54 Å². The Labute approximate surface area is 49.8 Å². The number of rotatable bonds is 2. The Morgan fingerprint density at radius 3 is 2.38 bits per heavy atom.